The molecule has 0 saturated heterocycles. The molecule has 1 atom stereocenters. The van der Waals surface area contributed by atoms with E-state index in [-0.39, 0.29) is 6.04 Å². The van der Waals surface area contributed by atoms with Crippen molar-refractivity contribution in [3.8, 4) is 5.75 Å². The summed E-state index contributed by atoms with van der Waals surface area (Å²) < 4.78 is 5.18. The average Bonchev–Trinajstić information content (AvgIpc) is 2.45. The maximum atomic E-state index is 6.20. The highest BCUT2D eigenvalue weighted by Gasteiger charge is 2.14. The summed E-state index contributed by atoms with van der Waals surface area (Å²) in [4.78, 5) is 4.05. The summed E-state index contributed by atoms with van der Waals surface area (Å²) >= 11 is 6.20. The fourth-order valence-corrected chi connectivity index (χ4v) is 2.32. The molecule has 0 fully saturated rings. The van der Waals surface area contributed by atoms with Crippen molar-refractivity contribution in [2.75, 3.05) is 13.7 Å². The number of rotatable bonds is 5. The van der Waals surface area contributed by atoms with Crippen molar-refractivity contribution in [3.63, 3.8) is 0 Å². The molecule has 1 aromatic carbocycles. The monoisotopic (exact) mass is 276 g/mol. The van der Waals surface area contributed by atoms with E-state index in [9.17, 15) is 0 Å². The third-order valence-corrected chi connectivity index (χ3v) is 3.25. The molecule has 3 nitrogen and oxygen atoms in total. The fourth-order valence-electron chi connectivity index (χ4n) is 2.05. The number of hydrogen-bond acceptors (Lipinski definition) is 3. The van der Waals surface area contributed by atoms with Crippen molar-refractivity contribution >= 4 is 11.6 Å². The van der Waals surface area contributed by atoms with Gasteiger partial charge in [0.15, 0.2) is 0 Å². The number of pyridine rings is 1. The molecular formula is C15H17ClN2O. The van der Waals surface area contributed by atoms with Crippen LogP contribution in [0.3, 0.4) is 0 Å². The summed E-state index contributed by atoms with van der Waals surface area (Å²) in [6.07, 6.45) is 3.59. The van der Waals surface area contributed by atoms with Crippen molar-refractivity contribution in [1.29, 1.82) is 0 Å². The molecule has 0 aliphatic carbocycles. The van der Waals surface area contributed by atoms with Gasteiger partial charge in [-0.1, -0.05) is 24.6 Å². The van der Waals surface area contributed by atoms with Crippen molar-refractivity contribution < 1.29 is 4.74 Å². The Morgan fingerprint density at radius 3 is 2.53 bits per heavy atom. The quantitative estimate of drug-likeness (QED) is 0.908. The second-order valence-electron chi connectivity index (χ2n) is 4.17. The minimum absolute atomic E-state index is 0.108. The highest BCUT2D eigenvalue weighted by molar-refractivity contribution is 6.32. The van der Waals surface area contributed by atoms with Crippen molar-refractivity contribution in [3.05, 3.63) is 58.9 Å². The van der Waals surface area contributed by atoms with Gasteiger partial charge in [0.1, 0.15) is 5.75 Å². The molecule has 2 aromatic rings. The van der Waals surface area contributed by atoms with Gasteiger partial charge in [0.05, 0.1) is 18.2 Å². The molecule has 1 aromatic heterocycles. The zero-order valence-electron chi connectivity index (χ0n) is 11.1. The third-order valence-electron chi connectivity index (χ3n) is 2.96. The first-order chi connectivity index (χ1) is 9.26. The lowest BCUT2D eigenvalue weighted by Crippen LogP contribution is -2.22. The molecule has 0 aliphatic rings. The van der Waals surface area contributed by atoms with Crippen molar-refractivity contribution in [2.24, 2.45) is 0 Å². The molecule has 1 N–H and O–H groups in total. The molecule has 0 saturated carbocycles. The van der Waals surface area contributed by atoms with Crippen LogP contribution in [0.25, 0.3) is 0 Å². The number of methoxy groups -OCH3 is 1. The molecular weight excluding hydrogens is 260 g/mol. The summed E-state index contributed by atoms with van der Waals surface area (Å²) in [5.74, 6) is 0.690. The van der Waals surface area contributed by atoms with Gasteiger partial charge in [-0.05, 0) is 41.9 Å². The van der Waals surface area contributed by atoms with Gasteiger partial charge >= 0.3 is 0 Å². The predicted octanol–water partition coefficient (Wildman–Crippen LogP) is 3.44. The minimum atomic E-state index is 0.108. The molecule has 2 rings (SSSR count). The largest absolute Gasteiger partial charge is 0.495 e. The van der Waals surface area contributed by atoms with E-state index in [2.05, 4.69) is 17.2 Å². The van der Waals surface area contributed by atoms with Gasteiger partial charge in [-0.2, -0.15) is 0 Å². The van der Waals surface area contributed by atoms with Crippen LogP contribution >= 0.6 is 11.6 Å². The number of nitrogens with one attached hydrogen (secondary N) is 1. The molecule has 1 unspecified atom stereocenters. The van der Waals surface area contributed by atoms with Crippen molar-refractivity contribution in [2.45, 2.75) is 13.0 Å². The molecule has 4 heteroatoms. The summed E-state index contributed by atoms with van der Waals surface area (Å²) in [6, 6.07) is 9.98. The molecule has 100 valence electrons. The van der Waals surface area contributed by atoms with Crippen LogP contribution in [0.4, 0.5) is 0 Å². The SMILES string of the molecule is CCNC(c1ccncc1)c1ccc(OC)c(Cl)c1. The summed E-state index contributed by atoms with van der Waals surface area (Å²) in [5, 5.41) is 4.07. The van der Waals surface area contributed by atoms with E-state index in [0.29, 0.717) is 10.8 Å². The molecule has 0 aliphatic heterocycles. The smallest absolute Gasteiger partial charge is 0.137 e. The van der Waals surface area contributed by atoms with Crippen LogP contribution < -0.4 is 10.1 Å². The maximum absolute atomic E-state index is 6.20. The Balaban J connectivity index is 2.37. The van der Waals surface area contributed by atoms with Gasteiger partial charge in [-0.3, -0.25) is 4.98 Å². The number of hydrogen-bond donors (Lipinski definition) is 1. The second-order valence-corrected chi connectivity index (χ2v) is 4.57. The Morgan fingerprint density at radius 1 is 1.21 bits per heavy atom. The zero-order valence-corrected chi connectivity index (χ0v) is 11.8. The lowest BCUT2D eigenvalue weighted by atomic mass is 9.99. The first-order valence-corrected chi connectivity index (χ1v) is 6.60. The fraction of sp³-hybridized carbons (Fsp3) is 0.267. The Bertz CT molecular complexity index is 531. The number of benzene rings is 1. The Morgan fingerprint density at radius 2 is 1.95 bits per heavy atom. The molecule has 0 radical (unpaired) electrons. The Kier molecular flexibility index (Phi) is 4.77. The summed E-state index contributed by atoms with van der Waals surface area (Å²) in [6.45, 7) is 2.95. The van der Waals surface area contributed by atoms with Crippen LogP contribution in [0.2, 0.25) is 5.02 Å². The summed E-state index contributed by atoms with van der Waals surface area (Å²) in [7, 11) is 1.62. The first-order valence-electron chi connectivity index (χ1n) is 6.23. The summed E-state index contributed by atoms with van der Waals surface area (Å²) in [5.41, 5.74) is 2.27. The van der Waals surface area contributed by atoms with Gasteiger partial charge in [0.2, 0.25) is 0 Å². The van der Waals surface area contributed by atoms with E-state index in [4.69, 9.17) is 16.3 Å². The topological polar surface area (TPSA) is 34.2 Å². The number of nitrogens with zero attached hydrogens (tertiary/aromatic N) is 1. The minimum Gasteiger partial charge on any atom is -0.495 e. The maximum Gasteiger partial charge on any atom is 0.137 e. The molecule has 0 bridgehead atoms. The van der Waals surface area contributed by atoms with E-state index in [0.717, 1.165) is 17.7 Å². The lowest BCUT2D eigenvalue weighted by Gasteiger charge is -2.19. The van der Waals surface area contributed by atoms with E-state index in [1.165, 1.54) is 0 Å². The Hall–Kier alpha value is -1.58. The third kappa shape index (κ3) is 3.25. The van der Waals surface area contributed by atoms with Crippen LogP contribution in [0.5, 0.6) is 5.75 Å². The number of aromatic nitrogens is 1. The van der Waals surface area contributed by atoms with E-state index in [1.807, 2.05) is 30.3 Å². The van der Waals surface area contributed by atoms with Crippen LogP contribution in [-0.4, -0.2) is 18.6 Å². The number of halogens is 1. The van der Waals surface area contributed by atoms with Gasteiger partial charge in [0.25, 0.3) is 0 Å². The lowest BCUT2D eigenvalue weighted by molar-refractivity contribution is 0.414. The van der Waals surface area contributed by atoms with Gasteiger partial charge in [0, 0.05) is 12.4 Å². The first kappa shape index (κ1) is 13.8. The molecule has 19 heavy (non-hydrogen) atoms. The van der Waals surface area contributed by atoms with Gasteiger partial charge in [-0.15, -0.1) is 0 Å². The normalized spacial score (nSPS) is 12.2. The highest BCUT2D eigenvalue weighted by Crippen LogP contribution is 2.30. The van der Waals surface area contributed by atoms with Gasteiger partial charge in [-0.25, -0.2) is 0 Å². The van der Waals surface area contributed by atoms with Crippen molar-refractivity contribution in [1.82, 2.24) is 10.3 Å². The zero-order chi connectivity index (χ0) is 13.7. The molecule has 0 amide bonds. The molecule has 1 heterocycles. The van der Waals surface area contributed by atoms with Gasteiger partial charge < -0.3 is 10.1 Å². The van der Waals surface area contributed by atoms with Crippen LogP contribution in [0, 0.1) is 0 Å². The number of ether oxygens (including phenoxy) is 1. The highest BCUT2D eigenvalue weighted by atomic mass is 35.5. The molecule has 0 spiro atoms. The van der Waals surface area contributed by atoms with Crippen LogP contribution in [0.15, 0.2) is 42.7 Å². The second kappa shape index (κ2) is 6.55. The Labute approximate surface area is 118 Å². The van der Waals surface area contributed by atoms with E-state index < -0.39 is 0 Å². The van der Waals surface area contributed by atoms with E-state index >= 15 is 0 Å². The van der Waals surface area contributed by atoms with E-state index in [1.54, 1.807) is 19.5 Å². The predicted molar refractivity (Wildman–Crippen MR) is 77.8 cm³/mol. The van der Waals surface area contributed by atoms with Crippen LogP contribution in [0.1, 0.15) is 24.1 Å². The van der Waals surface area contributed by atoms with Crippen LogP contribution in [-0.2, 0) is 0 Å². The average molecular weight is 277 g/mol. The standard InChI is InChI=1S/C15H17ClN2O/c1-3-18-15(11-6-8-17-9-7-11)12-4-5-14(19-2)13(16)10-12/h4-10,15,18H,3H2,1-2H3.